The van der Waals surface area contributed by atoms with E-state index in [0.29, 0.717) is 6.42 Å². The highest BCUT2D eigenvalue weighted by Crippen LogP contribution is 2.54. The molecular formula is C10H9N2O6P. The van der Waals surface area contributed by atoms with Crippen LogP contribution in [0, 0.1) is 20.2 Å². The van der Waals surface area contributed by atoms with E-state index in [4.69, 9.17) is 4.52 Å². The highest BCUT2D eigenvalue weighted by atomic mass is 31.2. The van der Waals surface area contributed by atoms with Gasteiger partial charge in [-0.1, -0.05) is 6.08 Å². The summed E-state index contributed by atoms with van der Waals surface area (Å²) in [4.78, 5) is 19.9. The van der Waals surface area contributed by atoms with Crippen LogP contribution in [0.3, 0.4) is 0 Å². The molecule has 0 aliphatic carbocycles. The molecule has 9 heteroatoms. The topological polar surface area (TPSA) is 113 Å². The van der Waals surface area contributed by atoms with Gasteiger partial charge in [-0.3, -0.25) is 24.8 Å². The molecule has 0 N–H and O–H groups in total. The van der Waals surface area contributed by atoms with Gasteiger partial charge in [0.15, 0.2) is 0 Å². The number of nitro groups is 2. The van der Waals surface area contributed by atoms with Crippen LogP contribution >= 0.6 is 7.37 Å². The monoisotopic (exact) mass is 284 g/mol. The molecule has 0 bridgehead atoms. The first kappa shape index (κ1) is 13.2. The second kappa shape index (κ2) is 4.81. The zero-order chi connectivity index (χ0) is 14.0. The number of rotatable bonds is 4. The van der Waals surface area contributed by atoms with Crippen LogP contribution < -0.4 is 4.52 Å². The fraction of sp³-hybridized carbons (Fsp3) is 0.200. The zero-order valence-corrected chi connectivity index (χ0v) is 10.5. The number of hydrogen-bond acceptors (Lipinski definition) is 6. The summed E-state index contributed by atoms with van der Waals surface area (Å²) in [6, 6.07) is 2.97. The maximum atomic E-state index is 12.1. The van der Waals surface area contributed by atoms with Crippen molar-refractivity contribution in [1.29, 1.82) is 0 Å². The normalized spacial score (nSPS) is 21.3. The molecule has 19 heavy (non-hydrogen) atoms. The smallest absolute Gasteiger partial charge is 0.318 e. The van der Waals surface area contributed by atoms with E-state index in [1.807, 2.05) is 0 Å². The number of nitro benzene ring substituents is 2. The van der Waals surface area contributed by atoms with Crippen LogP contribution in [0.2, 0.25) is 0 Å². The molecule has 0 amide bonds. The van der Waals surface area contributed by atoms with E-state index in [0.717, 1.165) is 18.2 Å². The fourth-order valence-electron chi connectivity index (χ4n) is 1.65. The predicted octanol–water partition coefficient (Wildman–Crippen LogP) is 3.08. The van der Waals surface area contributed by atoms with Crippen molar-refractivity contribution in [1.82, 2.24) is 0 Å². The zero-order valence-electron chi connectivity index (χ0n) is 9.59. The quantitative estimate of drug-likeness (QED) is 0.477. The van der Waals surface area contributed by atoms with Gasteiger partial charge in [-0.05, 0) is 12.5 Å². The molecule has 0 radical (unpaired) electrons. The molecule has 0 saturated heterocycles. The molecule has 100 valence electrons. The minimum atomic E-state index is -3.05. The molecule has 0 saturated carbocycles. The van der Waals surface area contributed by atoms with E-state index in [-0.39, 0.29) is 11.9 Å². The van der Waals surface area contributed by atoms with Crippen molar-refractivity contribution in [3.8, 4) is 5.75 Å². The molecule has 1 heterocycles. The summed E-state index contributed by atoms with van der Waals surface area (Å²) >= 11 is 0. The molecule has 1 aliphatic heterocycles. The molecule has 0 fully saturated rings. The number of nitrogens with zero attached hydrogens (tertiary/aromatic N) is 2. The Hall–Kier alpha value is -2.21. The fourth-order valence-corrected chi connectivity index (χ4v) is 3.41. The van der Waals surface area contributed by atoms with Crippen LogP contribution in [0.5, 0.6) is 5.75 Å². The Morgan fingerprint density at radius 1 is 1.21 bits per heavy atom. The summed E-state index contributed by atoms with van der Waals surface area (Å²) in [7, 11) is -3.05. The van der Waals surface area contributed by atoms with Crippen molar-refractivity contribution < 1.29 is 18.9 Å². The lowest BCUT2D eigenvalue weighted by molar-refractivity contribution is -0.394. The summed E-state index contributed by atoms with van der Waals surface area (Å²) in [5.74, 6) is 1.18. The third kappa shape index (κ3) is 2.79. The van der Waals surface area contributed by atoms with Crippen LogP contribution in [0.1, 0.15) is 6.42 Å². The van der Waals surface area contributed by atoms with Gasteiger partial charge in [-0.2, -0.15) is 0 Å². The summed E-state index contributed by atoms with van der Waals surface area (Å²) in [6.45, 7) is 0. The second-order valence-electron chi connectivity index (χ2n) is 3.88. The second-order valence-corrected chi connectivity index (χ2v) is 6.26. The highest BCUT2D eigenvalue weighted by molar-refractivity contribution is 7.62. The van der Waals surface area contributed by atoms with Gasteiger partial charge in [0.25, 0.3) is 13.1 Å². The lowest BCUT2D eigenvalue weighted by atomic mass is 10.2. The molecule has 8 nitrogen and oxygen atoms in total. The van der Waals surface area contributed by atoms with E-state index in [2.05, 4.69) is 0 Å². The molecule has 1 atom stereocenters. The van der Waals surface area contributed by atoms with Crippen LogP contribution in [0.15, 0.2) is 30.1 Å². The molecule has 0 aromatic heterocycles. The average molecular weight is 284 g/mol. The van der Waals surface area contributed by atoms with Gasteiger partial charge >= 0.3 is 5.69 Å². The van der Waals surface area contributed by atoms with Gasteiger partial charge < -0.3 is 4.52 Å². The van der Waals surface area contributed by atoms with Crippen molar-refractivity contribution in [2.75, 3.05) is 6.16 Å². The summed E-state index contributed by atoms with van der Waals surface area (Å²) in [6.07, 6.45) is 2.54. The van der Waals surface area contributed by atoms with Crippen molar-refractivity contribution in [2.45, 2.75) is 6.42 Å². The van der Waals surface area contributed by atoms with Crippen molar-refractivity contribution >= 4 is 18.7 Å². The molecule has 1 aromatic carbocycles. The molecule has 1 unspecified atom stereocenters. The molecule has 2 rings (SSSR count). The first-order chi connectivity index (χ1) is 8.91. The van der Waals surface area contributed by atoms with Gasteiger partial charge in [-0.15, -0.1) is 0 Å². The average Bonchev–Trinajstić information content (AvgIpc) is 2.75. The van der Waals surface area contributed by atoms with Gasteiger partial charge in [-0.25, -0.2) is 0 Å². The Labute approximate surface area is 107 Å². The number of benzene rings is 1. The number of hydrogen-bond donors (Lipinski definition) is 0. The number of allylic oxidation sites excluding steroid dienone is 1. The van der Waals surface area contributed by atoms with Crippen molar-refractivity contribution in [3.63, 3.8) is 0 Å². The number of non-ortho nitro benzene ring substituents is 1. The Kier molecular flexibility index (Phi) is 3.35. The largest absolute Gasteiger partial charge is 0.433 e. The van der Waals surface area contributed by atoms with E-state index < -0.39 is 28.6 Å². The first-order valence-corrected chi connectivity index (χ1v) is 7.18. The van der Waals surface area contributed by atoms with Gasteiger partial charge in [0.2, 0.25) is 5.75 Å². The highest BCUT2D eigenvalue weighted by Gasteiger charge is 2.29. The minimum absolute atomic E-state index is 0.217. The van der Waals surface area contributed by atoms with Crippen LogP contribution in [-0.4, -0.2) is 16.0 Å². The summed E-state index contributed by atoms with van der Waals surface area (Å²) in [5, 5.41) is 21.4. The van der Waals surface area contributed by atoms with E-state index in [9.17, 15) is 24.8 Å². The SMILES string of the molecule is O=[N+]([O-])c1ccc(OP2(=O)C=CCC2)c([N+](=O)[O-])c1. The predicted molar refractivity (Wildman–Crippen MR) is 66.6 cm³/mol. The molecular weight excluding hydrogens is 275 g/mol. The van der Waals surface area contributed by atoms with Crippen LogP contribution in [0.25, 0.3) is 0 Å². The lowest BCUT2D eigenvalue weighted by Gasteiger charge is -2.12. The Balaban J connectivity index is 2.40. The van der Waals surface area contributed by atoms with Gasteiger partial charge in [0.1, 0.15) is 0 Å². The Bertz CT molecular complexity index is 626. The first-order valence-electron chi connectivity index (χ1n) is 5.30. The molecule has 0 spiro atoms. The minimum Gasteiger partial charge on any atom is -0.433 e. The Morgan fingerprint density at radius 3 is 2.47 bits per heavy atom. The Morgan fingerprint density at radius 2 is 1.95 bits per heavy atom. The van der Waals surface area contributed by atoms with Crippen molar-refractivity contribution in [3.05, 3.63) is 50.3 Å². The lowest BCUT2D eigenvalue weighted by Crippen LogP contribution is -1.98. The molecule has 1 aliphatic rings. The van der Waals surface area contributed by atoms with Gasteiger partial charge in [0.05, 0.1) is 15.9 Å². The summed E-state index contributed by atoms with van der Waals surface area (Å²) < 4.78 is 17.3. The maximum Gasteiger partial charge on any atom is 0.318 e. The van der Waals surface area contributed by atoms with Crippen LogP contribution in [-0.2, 0) is 4.57 Å². The van der Waals surface area contributed by atoms with Crippen LogP contribution in [0.4, 0.5) is 11.4 Å². The van der Waals surface area contributed by atoms with Crippen molar-refractivity contribution in [2.24, 2.45) is 0 Å². The summed E-state index contributed by atoms with van der Waals surface area (Å²) in [5.41, 5.74) is -0.982. The molecule has 1 aromatic rings. The third-order valence-corrected chi connectivity index (χ3v) is 4.60. The van der Waals surface area contributed by atoms with E-state index >= 15 is 0 Å². The van der Waals surface area contributed by atoms with Gasteiger partial charge in [0, 0.05) is 18.0 Å². The third-order valence-electron chi connectivity index (χ3n) is 2.54. The van der Waals surface area contributed by atoms with E-state index in [1.54, 1.807) is 6.08 Å². The standard InChI is InChI=1S/C10H9N2O6P/c13-11(14)8-3-4-10(9(7-8)12(15)16)18-19(17)5-1-2-6-19/h1,3-5,7H,2,6H2. The van der Waals surface area contributed by atoms with E-state index in [1.165, 1.54) is 5.82 Å². The maximum absolute atomic E-state index is 12.1.